The highest BCUT2D eigenvalue weighted by Crippen LogP contribution is 2.23. The van der Waals surface area contributed by atoms with Crippen LogP contribution in [0.1, 0.15) is 44.0 Å². The van der Waals surface area contributed by atoms with Gasteiger partial charge in [0.1, 0.15) is 0 Å². The normalized spacial score (nSPS) is 22.1. The lowest BCUT2D eigenvalue weighted by atomic mass is 9.86. The van der Waals surface area contributed by atoms with Crippen molar-refractivity contribution in [3.63, 3.8) is 0 Å². The van der Waals surface area contributed by atoms with Gasteiger partial charge in [-0.1, -0.05) is 19.8 Å². The number of aryl methyl sites for hydroxylation is 2. The molecule has 1 aliphatic rings. The van der Waals surface area contributed by atoms with Crippen molar-refractivity contribution < 1.29 is 0 Å². The third-order valence-corrected chi connectivity index (χ3v) is 3.92. The molecule has 1 saturated carbocycles. The van der Waals surface area contributed by atoms with E-state index in [1.165, 1.54) is 25.7 Å². The van der Waals surface area contributed by atoms with Gasteiger partial charge in [0, 0.05) is 17.4 Å². The van der Waals surface area contributed by atoms with E-state index in [1.54, 1.807) is 0 Å². The summed E-state index contributed by atoms with van der Waals surface area (Å²) >= 11 is 5.31. The number of nitrogens with zero attached hydrogens (tertiary/aromatic N) is 2. The molecule has 0 spiro atoms. The van der Waals surface area contributed by atoms with Gasteiger partial charge in [-0.2, -0.15) is 0 Å². The summed E-state index contributed by atoms with van der Waals surface area (Å²) in [5, 5.41) is 3.97. The van der Waals surface area contributed by atoms with Gasteiger partial charge in [-0.15, -0.1) is 0 Å². The Bertz CT molecular complexity index is 456. The van der Waals surface area contributed by atoms with Gasteiger partial charge in [0.25, 0.3) is 0 Å². The average Bonchev–Trinajstić information content (AvgIpc) is 2.38. The smallest absolute Gasteiger partial charge is 0.242 e. The molecule has 0 aromatic carbocycles. The monoisotopic (exact) mass is 293 g/mol. The Kier molecular flexibility index (Phi) is 5.11. The zero-order valence-corrected chi connectivity index (χ0v) is 13.2. The summed E-state index contributed by atoms with van der Waals surface area (Å²) in [5.41, 5.74) is 7.79. The second-order valence-electron chi connectivity index (χ2n) is 5.57. The summed E-state index contributed by atoms with van der Waals surface area (Å²) in [6.07, 6.45) is 5.06. The maximum atomic E-state index is 5.31. The maximum absolute atomic E-state index is 5.31. The van der Waals surface area contributed by atoms with Gasteiger partial charge >= 0.3 is 0 Å². The Morgan fingerprint density at radius 3 is 2.50 bits per heavy atom. The first kappa shape index (κ1) is 15.0. The summed E-state index contributed by atoms with van der Waals surface area (Å²) in [5.74, 6) is 1.21. The second kappa shape index (κ2) is 6.83. The van der Waals surface area contributed by atoms with Crippen LogP contribution in [-0.4, -0.2) is 21.1 Å². The van der Waals surface area contributed by atoms with E-state index in [1.807, 2.05) is 19.9 Å². The molecule has 3 N–H and O–H groups in total. The molecular weight excluding hydrogens is 270 g/mol. The average molecular weight is 293 g/mol. The van der Waals surface area contributed by atoms with Crippen molar-refractivity contribution in [2.24, 2.45) is 5.92 Å². The predicted octanol–water partition coefficient (Wildman–Crippen LogP) is 2.46. The molecule has 20 heavy (non-hydrogen) atoms. The lowest BCUT2D eigenvalue weighted by Gasteiger charge is -2.30. The minimum atomic E-state index is 0.464. The first-order valence-corrected chi connectivity index (χ1v) is 7.60. The van der Waals surface area contributed by atoms with E-state index < -0.39 is 0 Å². The SMILES string of the molecule is Cc1cc(C)nc(NNC(=S)N[C@H]2CCCC[C@H]2C)n1. The molecule has 0 aliphatic heterocycles. The van der Waals surface area contributed by atoms with Crippen LogP contribution in [0.5, 0.6) is 0 Å². The second-order valence-corrected chi connectivity index (χ2v) is 5.97. The molecule has 1 aromatic rings. The van der Waals surface area contributed by atoms with Crippen molar-refractivity contribution in [2.75, 3.05) is 5.43 Å². The molecule has 2 rings (SSSR count). The summed E-state index contributed by atoms with van der Waals surface area (Å²) < 4.78 is 0. The zero-order valence-electron chi connectivity index (χ0n) is 12.4. The van der Waals surface area contributed by atoms with Gasteiger partial charge in [-0.25, -0.2) is 9.97 Å². The molecular formula is C14H23N5S. The van der Waals surface area contributed by atoms with Gasteiger partial charge in [-0.05, 0) is 50.9 Å². The van der Waals surface area contributed by atoms with E-state index in [2.05, 4.69) is 33.1 Å². The van der Waals surface area contributed by atoms with Crippen molar-refractivity contribution in [1.82, 2.24) is 20.7 Å². The molecule has 1 aliphatic carbocycles. The van der Waals surface area contributed by atoms with E-state index in [0.29, 0.717) is 23.0 Å². The Morgan fingerprint density at radius 2 is 1.85 bits per heavy atom. The highest BCUT2D eigenvalue weighted by Gasteiger charge is 2.21. The summed E-state index contributed by atoms with van der Waals surface area (Å²) in [4.78, 5) is 8.59. The summed E-state index contributed by atoms with van der Waals surface area (Å²) in [6.45, 7) is 6.17. The maximum Gasteiger partial charge on any atom is 0.242 e. The van der Waals surface area contributed by atoms with E-state index >= 15 is 0 Å². The van der Waals surface area contributed by atoms with Crippen LogP contribution in [0.25, 0.3) is 0 Å². The standard InChI is InChI=1S/C14H23N5S/c1-9-6-4-5-7-12(9)17-14(20)19-18-13-15-10(2)8-11(3)16-13/h8-9,12H,4-7H2,1-3H3,(H,15,16,18)(H2,17,19,20)/t9-,12+/m1/s1. The first-order chi connectivity index (χ1) is 9.54. The molecule has 1 fully saturated rings. The molecule has 1 heterocycles. The Labute approximate surface area is 125 Å². The Hall–Kier alpha value is -1.43. The van der Waals surface area contributed by atoms with Gasteiger partial charge in [0.15, 0.2) is 5.11 Å². The van der Waals surface area contributed by atoms with Crippen LogP contribution in [-0.2, 0) is 0 Å². The molecule has 110 valence electrons. The van der Waals surface area contributed by atoms with Crippen LogP contribution in [0.3, 0.4) is 0 Å². The number of hydrogen-bond acceptors (Lipinski definition) is 4. The van der Waals surface area contributed by atoms with Crippen LogP contribution < -0.4 is 16.2 Å². The van der Waals surface area contributed by atoms with Crippen molar-refractivity contribution in [1.29, 1.82) is 0 Å². The van der Waals surface area contributed by atoms with E-state index in [-0.39, 0.29) is 0 Å². The molecule has 0 saturated heterocycles. The zero-order chi connectivity index (χ0) is 14.5. The molecule has 0 amide bonds. The molecule has 1 aromatic heterocycles. The van der Waals surface area contributed by atoms with Gasteiger partial charge < -0.3 is 5.32 Å². The van der Waals surface area contributed by atoms with Gasteiger partial charge in [0.05, 0.1) is 0 Å². The molecule has 0 bridgehead atoms. The summed E-state index contributed by atoms with van der Waals surface area (Å²) in [6, 6.07) is 2.40. The number of hydrogen-bond donors (Lipinski definition) is 3. The lowest BCUT2D eigenvalue weighted by Crippen LogP contribution is -2.47. The van der Waals surface area contributed by atoms with E-state index in [4.69, 9.17) is 12.2 Å². The molecule has 5 nitrogen and oxygen atoms in total. The van der Waals surface area contributed by atoms with Crippen LogP contribution >= 0.6 is 12.2 Å². The van der Waals surface area contributed by atoms with Crippen LogP contribution in [0, 0.1) is 19.8 Å². The molecule has 0 unspecified atom stereocenters. The third kappa shape index (κ3) is 4.30. The fourth-order valence-electron chi connectivity index (χ4n) is 2.63. The van der Waals surface area contributed by atoms with E-state index in [9.17, 15) is 0 Å². The lowest BCUT2D eigenvalue weighted by molar-refractivity contribution is 0.308. The van der Waals surface area contributed by atoms with Crippen molar-refractivity contribution in [3.05, 3.63) is 17.5 Å². The summed E-state index contributed by atoms with van der Waals surface area (Å²) in [7, 11) is 0. The van der Waals surface area contributed by atoms with Crippen molar-refractivity contribution in [2.45, 2.75) is 52.5 Å². The quantitative estimate of drug-likeness (QED) is 0.588. The highest BCUT2D eigenvalue weighted by molar-refractivity contribution is 7.80. The van der Waals surface area contributed by atoms with Crippen LogP contribution in [0.4, 0.5) is 5.95 Å². The molecule has 0 radical (unpaired) electrons. The van der Waals surface area contributed by atoms with Crippen LogP contribution in [0.2, 0.25) is 0 Å². The van der Waals surface area contributed by atoms with Crippen molar-refractivity contribution >= 4 is 23.3 Å². The van der Waals surface area contributed by atoms with Gasteiger partial charge in [0.2, 0.25) is 5.95 Å². The molecule has 6 heteroatoms. The number of anilines is 1. The highest BCUT2D eigenvalue weighted by atomic mass is 32.1. The first-order valence-electron chi connectivity index (χ1n) is 7.19. The number of nitrogens with one attached hydrogen (secondary N) is 3. The predicted molar refractivity (Wildman–Crippen MR) is 85.4 cm³/mol. The van der Waals surface area contributed by atoms with Crippen molar-refractivity contribution in [3.8, 4) is 0 Å². The van der Waals surface area contributed by atoms with Gasteiger partial charge in [-0.3, -0.25) is 10.9 Å². The third-order valence-electron chi connectivity index (χ3n) is 3.70. The molecule has 2 atom stereocenters. The minimum Gasteiger partial charge on any atom is -0.358 e. The Balaban J connectivity index is 1.82. The topological polar surface area (TPSA) is 61.9 Å². The minimum absolute atomic E-state index is 0.464. The van der Waals surface area contributed by atoms with E-state index in [0.717, 1.165) is 11.4 Å². The number of rotatable bonds is 3. The number of hydrazine groups is 1. The fraction of sp³-hybridized carbons (Fsp3) is 0.643. The Morgan fingerprint density at radius 1 is 1.20 bits per heavy atom. The van der Waals surface area contributed by atoms with Crippen LogP contribution in [0.15, 0.2) is 6.07 Å². The number of aromatic nitrogens is 2. The largest absolute Gasteiger partial charge is 0.358 e. The number of thiocarbonyl (C=S) groups is 1. The fourth-order valence-corrected chi connectivity index (χ4v) is 2.83.